The summed E-state index contributed by atoms with van der Waals surface area (Å²) in [6.45, 7) is 4.63. The third-order valence-corrected chi connectivity index (χ3v) is 3.99. The maximum Gasteiger partial charge on any atom is 0.264 e. The summed E-state index contributed by atoms with van der Waals surface area (Å²) in [5, 5.41) is 11.1. The second-order valence-corrected chi connectivity index (χ2v) is 5.65. The summed E-state index contributed by atoms with van der Waals surface area (Å²) >= 11 is 0. The van der Waals surface area contributed by atoms with E-state index in [0.717, 1.165) is 17.8 Å². The van der Waals surface area contributed by atoms with Gasteiger partial charge >= 0.3 is 0 Å². The number of amides is 1. The van der Waals surface area contributed by atoms with E-state index in [0.29, 0.717) is 12.1 Å². The zero-order chi connectivity index (χ0) is 17.1. The van der Waals surface area contributed by atoms with E-state index in [2.05, 4.69) is 15.6 Å². The van der Waals surface area contributed by atoms with Crippen molar-refractivity contribution in [3.63, 3.8) is 0 Å². The highest BCUT2D eigenvalue weighted by Gasteiger charge is 2.30. The van der Waals surface area contributed by atoms with Crippen molar-refractivity contribution in [3.8, 4) is 0 Å². The van der Waals surface area contributed by atoms with Crippen LogP contribution in [0, 0.1) is 5.82 Å². The average Bonchev–Trinajstić information content (AvgIpc) is 3.24. The summed E-state index contributed by atoms with van der Waals surface area (Å²) in [7, 11) is 0. The molecule has 1 aliphatic rings. The summed E-state index contributed by atoms with van der Waals surface area (Å²) in [5.41, 5.74) is 2.33. The summed E-state index contributed by atoms with van der Waals surface area (Å²) in [6, 6.07) is 7.67. The molecule has 1 aromatic carbocycles. The van der Waals surface area contributed by atoms with E-state index in [1.165, 1.54) is 12.1 Å². The highest BCUT2D eigenvalue weighted by atomic mass is 19.1. The average molecular weight is 330 g/mol. The second kappa shape index (κ2) is 6.82. The van der Waals surface area contributed by atoms with Crippen LogP contribution < -0.4 is 5.32 Å². The normalized spacial score (nSPS) is 18.0. The quantitative estimate of drug-likeness (QED) is 0.915. The van der Waals surface area contributed by atoms with E-state index >= 15 is 0 Å². The molecule has 2 heterocycles. The Hall–Kier alpha value is -2.70. The molecule has 0 aliphatic carbocycles. The Labute approximate surface area is 139 Å². The van der Waals surface area contributed by atoms with Crippen molar-refractivity contribution < 1.29 is 14.0 Å². The number of rotatable bonds is 5. The predicted octanol–water partition coefficient (Wildman–Crippen LogP) is 2.41. The number of hydrogen-bond acceptors (Lipinski definition) is 4. The molecule has 3 rings (SSSR count). The summed E-state index contributed by atoms with van der Waals surface area (Å²) in [6.07, 6.45) is 1.39. The maximum atomic E-state index is 13.0. The molecular weight excluding hydrogens is 311 g/mol. The summed E-state index contributed by atoms with van der Waals surface area (Å²) in [4.78, 5) is 17.6. The highest BCUT2D eigenvalue weighted by Crippen LogP contribution is 2.19. The molecule has 0 fully saturated rings. The lowest BCUT2D eigenvalue weighted by molar-refractivity contribution is -0.131. The topological polar surface area (TPSA) is 68.5 Å². The minimum atomic E-state index is -0.675. The Balaban J connectivity index is 1.60. The minimum absolute atomic E-state index is 0.182. The van der Waals surface area contributed by atoms with E-state index in [4.69, 9.17) is 4.84 Å². The van der Waals surface area contributed by atoms with Crippen LogP contribution in [0.4, 0.5) is 4.39 Å². The van der Waals surface area contributed by atoms with Gasteiger partial charge in [-0.1, -0.05) is 17.3 Å². The lowest BCUT2D eigenvalue weighted by atomic mass is 10.0. The van der Waals surface area contributed by atoms with Gasteiger partial charge in [0.25, 0.3) is 5.91 Å². The van der Waals surface area contributed by atoms with E-state index in [1.807, 2.05) is 24.6 Å². The van der Waals surface area contributed by atoms with Crippen LogP contribution >= 0.6 is 0 Å². The molecule has 2 aromatic rings. The maximum absolute atomic E-state index is 13.0. The first kappa shape index (κ1) is 16.2. The van der Waals surface area contributed by atoms with Gasteiger partial charge < -0.3 is 10.2 Å². The first-order valence-electron chi connectivity index (χ1n) is 7.89. The highest BCUT2D eigenvalue weighted by molar-refractivity contribution is 6.04. The van der Waals surface area contributed by atoms with Crippen molar-refractivity contribution in [1.29, 1.82) is 0 Å². The molecule has 0 saturated heterocycles. The number of aromatic nitrogens is 2. The molecule has 2 unspecified atom stereocenters. The van der Waals surface area contributed by atoms with Crippen molar-refractivity contribution in [1.82, 2.24) is 15.1 Å². The molecule has 1 aliphatic heterocycles. The third-order valence-electron chi connectivity index (χ3n) is 3.99. The van der Waals surface area contributed by atoms with Gasteiger partial charge in [-0.15, -0.1) is 0 Å². The van der Waals surface area contributed by atoms with Crippen LogP contribution in [0.5, 0.6) is 0 Å². The molecule has 126 valence electrons. The van der Waals surface area contributed by atoms with Gasteiger partial charge in [0, 0.05) is 19.2 Å². The molecule has 2 atom stereocenters. The molecule has 0 saturated carbocycles. The standard InChI is InChI=1S/C17H19FN4O2/c1-3-22-15(8-9-19-22)11(2)20-17(23)16-10-14(21-24-16)12-4-6-13(18)7-5-12/h4-9,11,16H,3,10H2,1-2H3,(H,20,23). The zero-order valence-corrected chi connectivity index (χ0v) is 13.6. The number of benzene rings is 1. The van der Waals surface area contributed by atoms with Crippen LogP contribution in [0.2, 0.25) is 0 Å². The van der Waals surface area contributed by atoms with Gasteiger partial charge in [0.15, 0.2) is 0 Å². The SMILES string of the molecule is CCn1nccc1C(C)NC(=O)C1CC(c2ccc(F)cc2)=NO1. The van der Waals surface area contributed by atoms with Crippen molar-refractivity contribution in [2.45, 2.75) is 39.0 Å². The Kier molecular flexibility index (Phi) is 4.59. The number of hydrogen-bond donors (Lipinski definition) is 1. The van der Waals surface area contributed by atoms with E-state index in [9.17, 15) is 9.18 Å². The van der Waals surface area contributed by atoms with Gasteiger partial charge in [0.2, 0.25) is 6.10 Å². The Morgan fingerprint density at radius 1 is 1.42 bits per heavy atom. The van der Waals surface area contributed by atoms with Crippen molar-refractivity contribution in [2.75, 3.05) is 0 Å². The van der Waals surface area contributed by atoms with Crippen LogP contribution in [0.15, 0.2) is 41.7 Å². The number of carbonyl (C=O) groups is 1. The molecule has 1 amide bonds. The van der Waals surface area contributed by atoms with E-state index in [-0.39, 0.29) is 17.8 Å². The summed E-state index contributed by atoms with van der Waals surface area (Å²) in [5.74, 6) is -0.541. The Morgan fingerprint density at radius 3 is 2.88 bits per heavy atom. The molecule has 1 aromatic heterocycles. The second-order valence-electron chi connectivity index (χ2n) is 5.65. The summed E-state index contributed by atoms with van der Waals surface area (Å²) < 4.78 is 14.8. The molecule has 0 radical (unpaired) electrons. The molecule has 0 spiro atoms. The van der Waals surface area contributed by atoms with Crippen molar-refractivity contribution in [2.24, 2.45) is 5.16 Å². The Bertz CT molecular complexity index is 754. The van der Waals surface area contributed by atoms with Crippen LogP contribution in [0.1, 0.15) is 37.6 Å². The predicted molar refractivity (Wildman–Crippen MR) is 86.9 cm³/mol. The molecule has 0 bridgehead atoms. The fourth-order valence-corrected chi connectivity index (χ4v) is 2.69. The fourth-order valence-electron chi connectivity index (χ4n) is 2.69. The molecule has 1 N–H and O–H groups in total. The van der Waals surface area contributed by atoms with Crippen LogP contribution in [-0.4, -0.2) is 27.5 Å². The van der Waals surface area contributed by atoms with Crippen LogP contribution in [0.3, 0.4) is 0 Å². The van der Waals surface area contributed by atoms with Gasteiger partial charge in [-0.2, -0.15) is 5.10 Å². The van der Waals surface area contributed by atoms with Crippen LogP contribution in [0.25, 0.3) is 0 Å². The lowest BCUT2D eigenvalue weighted by Gasteiger charge is -2.17. The molecule has 7 heteroatoms. The van der Waals surface area contributed by atoms with Gasteiger partial charge in [-0.05, 0) is 37.6 Å². The van der Waals surface area contributed by atoms with Crippen molar-refractivity contribution in [3.05, 3.63) is 53.6 Å². The number of aryl methyl sites for hydroxylation is 1. The number of nitrogens with one attached hydrogen (secondary N) is 1. The first-order chi connectivity index (χ1) is 11.6. The Morgan fingerprint density at radius 2 is 2.17 bits per heavy atom. The fraction of sp³-hybridized carbons (Fsp3) is 0.353. The van der Waals surface area contributed by atoms with Gasteiger partial charge in [0.05, 0.1) is 17.4 Å². The van der Waals surface area contributed by atoms with Crippen LogP contribution in [-0.2, 0) is 16.2 Å². The number of halogens is 1. The number of carbonyl (C=O) groups excluding carboxylic acids is 1. The number of oxime groups is 1. The van der Waals surface area contributed by atoms with Crippen molar-refractivity contribution >= 4 is 11.6 Å². The third kappa shape index (κ3) is 3.29. The molecule has 24 heavy (non-hydrogen) atoms. The van der Waals surface area contributed by atoms with Gasteiger partial charge in [0.1, 0.15) is 5.82 Å². The smallest absolute Gasteiger partial charge is 0.264 e. The molecule has 6 nitrogen and oxygen atoms in total. The minimum Gasteiger partial charge on any atom is -0.382 e. The van der Waals surface area contributed by atoms with E-state index < -0.39 is 6.10 Å². The number of nitrogens with zero attached hydrogens (tertiary/aromatic N) is 3. The van der Waals surface area contributed by atoms with Gasteiger partial charge in [-0.3, -0.25) is 9.48 Å². The molecular formula is C17H19FN4O2. The monoisotopic (exact) mass is 330 g/mol. The van der Waals surface area contributed by atoms with E-state index in [1.54, 1.807) is 18.3 Å². The zero-order valence-electron chi connectivity index (χ0n) is 13.6. The lowest BCUT2D eigenvalue weighted by Crippen LogP contribution is -2.37. The largest absolute Gasteiger partial charge is 0.382 e. The van der Waals surface area contributed by atoms with Gasteiger partial charge in [-0.25, -0.2) is 4.39 Å². The first-order valence-corrected chi connectivity index (χ1v) is 7.89.